The van der Waals surface area contributed by atoms with E-state index in [-0.39, 0.29) is 12.5 Å². The second kappa shape index (κ2) is 11.5. The third-order valence-corrected chi connectivity index (χ3v) is 2.50. The first kappa shape index (κ1) is 18.7. The zero-order valence-electron chi connectivity index (χ0n) is 12.9. The van der Waals surface area contributed by atoms with Crippen LogP contribution in [0.25, 0.3) is 0 Å². The van der Waals surface area contributed by atoms with E-state index in [0.717, 1.165) is 12.8 Å². The van der Waals surface area contributed by atoms with Crippen molar-refractivity contribution in [1.82, 2.24) is 5.32 Å². The lowest BCUT2D eigenvalue weighted by atomic mass is 10.1. The van der Waals surface area contributed by atoms with E-state index in [9.17, 15) is 9.59 Å². The Kier molecular flexibility index (Phi) is 10.8. The molecule has 6 nitrogen and oxygen atoms in total. The zero-order chi connectivity index (χ0) is 15.4. The van der Waals surface area contributed by atoms with Crippen molar-refractivity contribution in [2.24, 2.45) is 5.92 Å². The molecule has 0 fully saturated rings. The molecule has 0 saturated carbocycles. The first-order valence-corrected chi connectivity index (χ1v) is 7.10. The van der Waals surface area contributed by atoms with Gasteiger partial charge >= 0.3 is 12.1 Å². The molecule has 0 aromatic carbocycles. The van der Waals surface area contributed by atoms with Crippen molar-refractivity contribution >= 4 is 12.1 Å². The maximum Gasteiger partial charge on any atom is 0.407 e. The van der Waals surface area contributed by atoms with Gasteiger partial charge in [0.2, 0.25) is 0 Å². The molecule has 0 bridgehead atoms. The smallest absolute Gasteiger partial charge is 0.407 e. The van der Waals surface area contributed by atoms with Gasteiger partial charge in [-0.25, -0.2) is 9.59 Å². The molecule has 118 valence electrons. The third kappa shape index (κ3) is 9.61. The summed E-state index contributed by atoms with van der Waals surface area (Å²) in [7, 11) is 1.52. The Labute approximate surface area is 121 Å². The fraction of sp³-hybridized carbons (Fsp3) is 0.857. The maximum absolute atomic E-state index is 11.9. The standard InChI is InChI=1S/C14H27NO5/c1-5-6-7-12(13(16)20-10-11(2)3)15-14(17)19-9-8-18-4/h11-12H,5-10H2,1-4H3,(H,15,17). The molecular weight excluding hydrogens is 262 g/mol. The monoisotopic (exact) mass is 289 g/mol. The molecule has 0 rings (SSSR count). The SMILES string of the molecule is CCCCC(NC(=O)OCCOC)C(=O)OCC(C)C. The van der Waals surface area contributed by atoms with Crippen LogP contribution in [0.3, 0.4) is 0 Å². The first-order valence-electron chi connectivity index (χ1n) is 7.10. The molecule has 0 aliphatic heterocycles. The van der Waals surface area contributed by atoms with Crippen LogP contribution in [0.15, 0.2) is 0 Å². The van der Waals surface area contributed by atoms with Crippen molar-refractivity contribution in [3.63, 3.8) is 0 Å². The molecule has 0 aromatic heterocycles. The van der Waals surface area contributed by atoms with Gasteiger partial charge in [-0.3, -0.25) is 0 Å². The lowest BCUT2D eigenvalue weighted by molar-refractivity contribution is -0.147. The maximum atomic E-state index is 11.9. The molecule has 1 amide bonds. The average Bonchev–Trinajstić information content (AvgIpc) is 2.41. The molecule has 1 atom stereocenters. The van der Waals surface area contributed by atoms with E-state index in [1.54, 1.807) is 0 Å². The van der Waals surface area contributed by atoms with Crippen LogP contribution in [0.4, 0.5) is 4.79 Å². The highest BCUT2D eigenvalue weighted by Gasteiger charge is 2.22. The van der Waals surface area contributed by atoms with Crippen LogP contribution in [0.5, 0.6) is 0 Å². The molecule has 0 heterocycles. The number of ether oxygens (including phenoxy) is 3. The van der Waals surface area contributed by atoms with Crippen LogP contribution in [-0.4, -0.2) is 45.0 Å². The molecular formula is C14H27NO5. The number of esters is 1. The number of hydrogen-bond donors (Lipinski definition) is 1. The summed E-state index contributed by atoms with van der Waals surface area (Å²) in [6.07, 6.45) is 1.70. The molecule has 0 radical (unpaired) electrons. The first-order chi connectivity index (χ1) is 9.51. The Morgan fingerprint density at radius 3 is 2.40 bits per heavy atom. The highest BCUT2D eigenvalue weighted by atomic mass is 16.6. The molecule has 0 aromatic rings. The summed E-state index contributed by atoms with van der Waals surface area (Å²) < 4.78 is 14.8. The second-order valence-corrected chi connectivity index (χ2v) is 4.99. The fourth-order valence-electron chi connectivity index (χ4n) is 1.41. The molecule has 0 aliphatic carbocycles. The molecule has 20 heavy (non-hydrogen) atoms. The number of unbranched alkanes of at least 4 members (excludes halogenated alkanes) is 1. The molecule has 0 spiro atoms. The highest BCUT2D eigenvalue weighted by Crippen LogP contribution is 2.05. The third-order valence-electron chi connectivity index (χ3n) is 2.50. The summed E-state index contributed by atoms with van der Waals surface area (Å²) in [5.74, 6) is -0.143. The number of nitrogens with one attached hydrogen (secondary N) is 1. The minimum Gasteiger partial charge on any atom is -0.464 e. The van der Waals surface area contributed by atoms with E-state index in [0.29, 0.717) is 19.6 Å². The van der Waals surface area contributed by atoms with Crippen LogP contribution in [-0.2, 0) is 19.0 Å². The van der Waals surface area contributed by atoms with Gasteiger partial charge in [-0.2, -0.15) is 0 Å². The predicted molar refractivity (Wildman–Crippen MR) is 75.5 cm³/mol. The summed E-state index contributed by atoms with van der Waals surface area (Å²) in [6, 6.07) is -0.649. The van der Waals surface area contributed by atoms with Gasteiger partial charge < -0.3 is 19.5 Å². The van der Waals surface area contributed by atoms with Crippen molar-refractivity contribution < 1.29 is 23.8 Å². The lowest BCUT2D eigenvalue weighted by Gasteiger charge is -2.18. The Morgan fingerprint density at radius 2 is 1.85 bits per heavy atom. The van der Waals surface area contributed by atoms with Crippen molar-refractivity contribution in [3.8, 4) is 0 Å². The zero-order valence-corrected chi connectivity index (χ0v) is 12.9. The van der Waals surface area contributed by atoms with Gasteiger partial charge in [0, 0.05) is 7.11 Å². The van der Waals surface area contributed by atoms with Crippen LogP contribution in [0.1, 0.15) is 40.0 Å². The number of hydrogen-bond acceptors (Lipinski definition) is 5. The summed E-state index contributed by atoms with van der Waals surface area (Å²) in [5.41, 5.74) is 0. The van der Waals surface area contributed by atoms with Gasteiger partial charge in [-0.05, 0) is 12.3 Å². The lowest BCUT2D eigenvalue weighted by Crippen LogP contribution is -2.42. The molecule has 0 saturated heterocycles. The van der Waals surface area contributed by atoms with E-state index in [2.05, 4.69) is 5.32 Å². The van der Waals surface area contributed by atoms with Gasteiger partial charge in [0.1, 0.15) is 12.6 Å². The Morgan fingerprint density at radius 1 is 1.15 bits per heavy atom. The second-order valence-electron chi connectivity index (χ2n) is 4.99. The van der Waals surface area contributed by atoms with Gasteiger partial charge in [0.15, 0.2) is 0 Å². The number of amides is 1. The van der Waals surface area contributed by atoms with Crippen molar-refractivity contribution in [3.05, 3.63) is 0 Å². The Bertz CT molecular complexity index is 281. The quantitative estimate of drug-likeness (QED) is 0.492. The van der Waals surface area contributed by atoms with Crippen LogP contribution in [0, 0.1) is 5.92 Å². The topological polar surface area (TPSA) is 73.9 Å². The highest BCUT2D eigenvalue weighted by molar-refractivity contribution is 5.81. The fourth-order valence-corrected chi connectivity index (χ4v) is 1.41. The van der Waals surface area contributed by atoms with Gasteiger partial charge in [-0.1, -0.05) is 33.6 Å². The van der Waals surface area contributed by atoms with Crippen LogP contribution >= 0.6 is 0 Å². The number of methoxy groups -OCH3 is 1. The Balaban J connectivity index is 4.24. The van der Waals surface area contributed by atoms with E-state index in [1.165, 1.54) is 7.11 Å². The van der Waals surface area contributed by atoms with Crippen LogP contribution in [0.2, 0.25) is 0 Å². The van der Waals surface area contributed by atoms with E-state index in [1.807, 2.05) is 20.8 Å². The molecule has 0 aliphatic rings. The van der Waals surface area contributed by atoms with Crippen molar-refractivity contribution in [1.29, 1.82) is 0 Å². The molecule has 1 N–H and O–H groups in total. The average molecular weight is 289 g/mol. The minimum absolute atomic E-state index is 0.157. The molecule has 1 unspecified atom stereocenters. The van der Waals surface area contributed by atoms with E-state index < -0.39 is 18.1 Å². The number of rotatable bonds is 10. The van der Waals surface area contributed by atoms with Gasteiger partial charge in [-0.15, -0.1) is 0 Å². The number of carbonyl (C=O) groups is 2. The predicted octanol–water partition coefficient (Wildman–Crippen LogP) is 2.12. The summed E-state index contributed by atoms with van der Waals surface area (Å²) >= 11 is 0. The van der Waals surface area contributed by atoms with Crippen molar-refractivity contribution in [2.45, 2.75) is 46.1 Å². The summed E-state index contributed by atoms with van der Waals surface area (Å²) in [6.45, 7) is 6.77. The van der Waals surface area contributed by atoms with E-state index >= 15 is 0 Å². The number of carbonyl (C=O) groups excluding carboxylic acids is 2. The summed E-state index contributed by atoms with van der Waals surface area (Å²) in [4.78, 5) is 23.4. The Hall–Kier alpha value is -1.30. The molecule has 6 heteroatoms. The van der Waals surface area contributed by atoms with Gasteiger partial charge in [0.05, 0.1) is 13.2 Å². The van der Waals surface area contributed by atoms with Gasteiger partial charge in [0.25, 0.3) is 0 Å². The largest absolute Gasteiger partial charge is 0.464 e. The number of alkyl carbamates (subject to hydrolysis) is 1. The van der Waals surface area contributed by atoms with E-state index in [4.69, 9.17) is 14.2 Å². The van der Waals surface area contributed by atoms with Crippen LogP contribution < -0.4 is 5.32 Å². The summed E-state index contributed by atoms with van der Waals surface area (Å²) in [5, 5.41) is 2.54. The minimum atomic E-state index is -0.649. The normalized spacial score (nSPS) is 12.1. The van der Waals surface area contributed by atoms with Crippen molar-refractivity contribution in [2.75, 3.05) is 26.9 Å².